The summed E-state index contributed by atoms with van der Waals surface area (Å²) in [5.74, 6) is 1.64. The summed E-state index contributed by atoms with van der Waals surface area (Å²) in [5.41, 5.74) is 5.66. The van der Waals surface area contributed by atoms with E-state index in [2.05, 4.69) is 20.6 Å². The average molecular weight is 237 g/mol. The SMILES string of the molecule is CCCc1nc(N)cc(NCC(=O)NCC)n1. The molecule has 94 valence electrons. The number of likely N-dealkylation sites (N-methyl/N-ethyl adjacent to an activating group) is 1. The van der Waals surface area contributed by atoms with Crippen LogP contribution < -0.4 is 16.4 Å². The van der Waals surface area contributed by atoms with Gasteiger partial charge in [-0.2, -0.15) is 0 Å². The second kappa shape index (κ2) is 6.67. The smallest absolute Gasteiger partial charge is 0.239 e. The first-order valence-corrected chi connectivity index (χ1v) is 5.79. The Balaban J connectivity index is 2.61. The Morgan fingerprint density at radius 3 is 2.82 bits per heavy atom. The molecule has 17 heavy (non-hydrogen) atoms. The molecule has 0 aromatic carbocycles. The van der Waals surface area contributed by atoms with Gasteiger partial charge < -0.3 is 16.4 Å². The number of hydrogen-bond donors (Lipinski definition) is 3. The van der Waals surface area contributed by atoms with Crippen LogP contribution in [0, 0.1) is 0 Å². The van der Waals surface area contributed by atoms with Gasteiger partial charge in [-0.25, -0.2) is 9.97 Å². The van der Waals surface area contributed by atoms with Crippen LogP contribution in [0.5, 0.6) is 0 Å². The second-order valence-corrected chi connectivity index (χ2v) is 3.65. The molecule has 0 saturated heterocycles. The lowest BCUT2D eigenvalue weighted by molar-refractivity contribution is -0.119. The predicted octanol–water partition coefficient (Wildman–Crippen LogP) is 0.559. The van der Waals surface area contributed by atoms with E-state index in [0.29, 0.717) is 24.0 Å². The zero-order chi connectivity index (χ0) is 12.7. The van der Waals surface area contributed by atoms with Crippen molar-refractivity contribution in [3.63, 3.8) is 0 Å². The fourth-order valence-corrected chi connectivity index (χ4v) is 1.37. The van der Waals surface area contributed by atoms with Crippen LogP contribution in [0.25, 0.3) is 0 Å². The number of aryl methyl sites for hydroxylation is 1. The lowest BCUT2D eigenvalue weighted by atomic mass is 10.3. The largest absolute Gasteiger partial charge is 0.384 e. The second-order valence-electron chi connectivity index (χ2n) is 3.65. The van der Waals surface area contributed by atoms with E-state index in [0.717, 1.165) is 12.8 Å². The summed E-state index contributed by atoms with van der Waals surface area (Å²) in [7, 11) is 0. The van der Waals surface area contributed by atoms with E-state index in [9.17, 15) is 4.79 Å². The maximum Gasteiger partial charge on any atom is 0.239 e. The quantitative estimate of drug-likeness (QED) is 0.672. The fraction of sp³-hybridized carbons (Fsp3) is 0.545. The molecule has 6 nitrogen and oxygen atoms in total. The molecule has 1 aromatic heterocycles. The maximum atomic E-state index is 11.3. The molecule has 0 spiro atoms. The zero-order valence-corrected chi connectivity index (χ0v) is 10.3. The molecule has 1 rings (SSSR count). The summed E-state index contributed by atoms with van der Waals surface area (Å²) >= 11 is 0. The third-order valence-corrected chi connectivity index (χ3v) is 2.07. The fourth-order valence-electron chi connectivity index (χ4n) is 1.37. The lowest BCUT2D eigenvalue weighted by Crippen LogP contribution is -2.29. The van der Waals surface area contributed by atoms with Gasteiger partial charge in [-0.3, -0.25) is 4.79 Å². The van der Waals surface area contributed by atoms with Crippen LogP contribution in [-0.2, 0) is 11.2 Å². The van der Waals surface area contributed by atoms with Crippen molar-refractivity contribution in [1.29, 1.82) is 0 Å². The number of rotatable bonds is 6. The van der Waals surface area contributed by atoms with Gasteiger partial charge in [0.1, 0.15) is 17.5 Å². The Kier molecular flexibility index (Phi) is 5.19. The lowest BCUT2D eigenvalue weighted by Gasteiger charge is -2.07. The first-order valence-electron chi connectivity index (χ1n) is 5.79. The van der Waals surface area contributed by atoms with Crippen LogP contribution in [0.2, 0.25) is 0 Å². The van der Waals surface area contributed by atoms with Gasteiger partial charge in [-0.05, 0) is 13.3 Å². The number of carbonyl (C=O) groups is 1. The van der Waals surface area contributed by atoms with Crippen LogP contribution >= 0.6 is 0 Å². The monoisotopic (exact) mass is 237 g/mol. The van der Waals surface area contributed by atoms with E-state index >= 15 is 0 Å². The van der Waals surface area contributed by atoms with Crippen LogP contribution in [-0.4, -0.2) is 29.0 Å². The molecule has 0 saturated carbocycles. The number of aromatic nitrogens is 2. The van der Waals surface area contributed by atoms with E-state index in [4.69, 9.17) is 5.73 Å². The minimum atomic E-state index is -0.0678. The van der Waals surface area contributed by atoms with Crippen molar-refractivity contribution in [2.24, 2.45) is 0 Å². The first-order chi connectivity index (χ1) is 8.15. The van der Waals surface area contributed by atoms with Gasteiger partial charge in [0.2, 0.25) is 5.91 Å². The summed E-state index contributed by atoms with van der Waals surface area (Å²) in [4.78, 5) is 19.6. The van der Waals surface area contributed by atoms with Gasteiger partial charge in [0.25, 0.3) is 0 Å². The Bertz CT molecular complexity index is 380. The van der Waals surface area contributed by atoms with Crippen molar-refractivity contribution in [3.05, 3.63) is 11.9 Å². The topological polar surface area (TPSA) is 92.9 Å². The first kappa shape index (κ1) is 13.2. The van der Waals surface area contributed by atoms with Crippen LogP contribution in [0.1, 0.15) is 26.1 Å². The number of carbonyl (C=O) groups excluding carboxylic acids is 1. The average Bonchev–Trinajstić information content (AvgIpc) is 2.26. The number of anilines is 2. The van der Waals surface area contributed by atoms with Crippen molar-refractivity contribution in [1.82, 2.24) is 15.3 Å². The molecule has 1 heterocycles. The number of nitrogen functional groups attached to an aromatic ring is 1. The molecule has 0 radical (unpaired) electrons. The van der Waals surface area contributed by atoms with Gasteiger partial charge in [0.15, 0.2) is 0 Å². The zero-order valence-electron chi connectivity index (χ0n) is 10.3. The van der Waals surface area contributed by atoms with E-state index in [1.807, 2.05) is 13.8 Å². The molecule has 6 heteroatoms. The number of amides is 1. The summed E-state index contributed by atoms with van der Waals surface area (Å²) in [6, 6.07) is 1.62. The highest BCUT2D eigenvalue weighted by molar-refractivity contribution is 5.80. The van der Waals surface area contributed by atoms with Crippen molar-refractivity contribution in [3.8, 4) is 0 Å². The highest BCUT2D eigenvalue weighted by Gasteiger charge is 2.04. The highest BCUT2D eigenvalue weighted by Crippen LogP contribution is 2.09. The van der Waals surface area contributed by atoms with E-state index < -0.39 is 0 Å². The van der Waals surface area contributed by atoms with Crippen molar-refractivity contribution < 1.29 is 4.79 Å². The van der Waals surface area contributed by atoms with E-state index in [1.54, 1.807) is 6.07 Å². The van der Waals surface area contributed by atoms with Crippen molar-refractivity contribution in [2.75, 3.05) is 24.1 Å². The van der Waals surface area contributed by atoms with Gasteiger partial charge >= 0.3 is 0 Å². The number of hydrogen-bond acceptors (Lipinski definition) is 5. The van der Waals surface area contributed by atoms with Crippen molar-refractivity contribution in [2.45, 2.75) is 26.7 Å². The molecule has 0 aliphatic heterocycles. The molecular formula is C11H19N5O. The minimum absolute atomic E-state index is 0.0678. The molecule has 1 amide bonds. The molecule has 1 aromatic rings. The molecule has 0 bridgehead atoms. The molecule has 0 fully saturated rings. The summed E-state index contributed by atoms with van der Waals surface area (Å²) in [5, 5.41) is 5.62. The molecule has 0 aliphatic rings. The third-order valence-electron chi connectivity index (χ3n) is 2.07. The number of nitrogens with two attached hydrogens (primary N) is 1. The Hall–Kier alpha value is -1.85. The number of nitrogens with one attached hydrogen (secondary N) is 2. The standard InChI is InChI=1S/C11H19N5O/c1-3-5-9-15-8(12)6-10(16-9)14-7-11(17)13-4-2/h6H,3-5,7H2,1-2H3,(H,13,17)(H3,12,14,15,16). The predicted molar refractivity (Wildman–Crippen MR) is 67.6 cm³/mol. The Labute approximate surface area is 101 Å². The van der Waals surface area contributed by atoms with E-state index in [1.165, 1.54) is 0 Å². The van der Waals surface area contributed by atoms with Crippen LogP contribution in [0.4, 0.5) is 11.6 Å². The molecule has 0 atom stereocenters. The highest BCUT2D eigenvalue weighted by atomic mass is 16.1. The molecule has 4 N–H and O–H groups in total. The number of nitrogens with zero attached hydrogens (tertiary/aromatic N) is 2. The third kappa shape index (κ3) is 4.67. The van der Waals surface area contributed by atoms with E-state index in [-0.39, 0.29) is 12.5 Å². The molecule has 0 aliphatic carbocycles. The Morgan fingerprint density at radius 1 is 1.41 bits per heavy atom. The summed E-state index contributed by atoms with van der Waals surface area (Å²) in [6.45, 7) is 4.73. The minimum Gasteiger partial charge on any atom is -0.384 e. The van der Waals surface area contributed by atoms with Gasteiger partial charge in [0.05, 0.1) is 6.54 Å². The summed E-state index contributed by atoms with van der Waals surface area (Å²) < 4.78 is 0. The van der Waals surface area contributed by atoms with Crippen LogP contribution in [0.3, 0.4) is 0 Å². The van der Waals surface area contributed by atoms with Gasteiger partial charge in [-0.1, -0.05) is 6.92 Å². The van der Waals surface area contributed by atoms with Gasteiger partial charge in [0, 0.05) is 19.0 Å². The molecular weight excluding hydrogens is 218 g/mol. The van der Waals surface area contributed by atoms with Crippen molar-refractivity contribution >= 4 is 17.5 Å². The normalized spacial score (nSPS) is 10.0. The maximum absolute atomic E-state index is 11.3. The Morgan fingerprint density at radius 2 is 2.18 bits per heavy atom. The molecule has 0 unspecified atom stereocenters. The van der Waals surface area contributed by atoms with Gasteiger partial charge in [-0.15, -0.1) is 0 Å². The van der Waals surface area contributed by atoms with Crippen LogP contribution in [0.15, 0.2) is 6.07 Å². The summed E-state index contributed by atoms with van der Waals surface area (Å²) in [6.07, 6.45) is 1.74.